The van der Waals surface area contributed by atoms with Crippen LogP contribution < -0.4 is 10.2 Å². The van der Waals surface area contributed by atoms with Crippen molar-refractivity contribution in [3.8, 4) is 0 Å². The molecule has 4 aliphatic carbocycles. The molecule has 5 nitrogen and oxygen atoms in total. The molecule has 6 heteroatoms. The molecule has 0 saturated heterocycles. The molecule has 2 aromatic rings. The number of amides is 2. The highest BCUT2D eigenvalue weighted by Crippen LogP contribution is 2.55. The van der Waals surface area contributed by atoms with Crippen LogP contribution in [-0.4, -0.2) is 22.3 Å². The summed E-state index contributed by atoms with van der Waals surface area (Å²) in [6.45, 7) is 1.53. The van der Waals surface area contributed by atoms with Crippen LogP contribution in [0.3, 0.4) is 0 Å². The van der Waals surface area contributed by atoms with Crippen LogP contribution in [0.15, 0.2) is 41.8 Å². The highest BCUT2D eigenvalue weighted by Gasteiger charge is 2.51. The Balaban J connectivity index is 1.27. The zero-order valence-corrected chi connectivity index (χ0v) is 18.0. The molecule has 6 rings (SSSR count). The van der Waals surface area contributed by atoms with E-state index >= 15 is 0 Å². The molecule has 4 fully saturated rings. The van der Waals surface area contributed by atoms with Crippen LogP contribution in [0.25, 0.3) is 6.08 Å². The summed E-state index contributed by atoms with van der Waals surface area (Å²) in [6.07, 6.45) is 10.9. The normalized spacial score (nSPS) is 29.3. The van der Waals surface area contributed by atoms with Crippen LogP contribution in [0, 0.1) is 17.8 Å². The van der Waals surface area contributed by atoms with Crippen LogP contribution in [0.2, 0.25) is 0 Å². The van der Waals surface area contributed by atoms with Gasteiger partial charge in [-0.3, -0.25) is 14.5 Å². The molecule has 0 unspecified atom stereocenters. The third kappa shape index (κ3) is 3.81. The molecule has 4 aliphatic rings. The molecule has 1 heterocycles. The number of para-hydroxylation sites is 1. The van der Waals surface area contributed by atoms with E-state index in [-0.39, 0.29) is 17.4 Å². The maximum Gasteiger partial charge on any atom is 0.244 e. The average Bonchev–Trinajstić information content (AvgIpc) is 3.14. The summed E-state index contributed by atoms with van der Waals surface area (Å²) in [6, 6.07) is 9.48. The predicted molar refractivity (Wildman–Crippen MR) is 119 cm³/mol. The number of benzene rings is 1. The SMILES string of the molecule is CC(=O)N(c1ccccc1)c1nc(C=CC(=O)NC23CC4CC(CC(C4)C2)C3)cs1. The largest absolute Gasteiger partial charge is 0.347 e. The summed E-state index contributed by atoms with van der Waals surface area (Å²) >= 11 is 1.40. The van der Waals surface area contributed by atoms with Gasteiger partial charge >= 0.3 is 0 Å². The van der Waals surface area contributed by atoms with Gasteiger partial charge in [0.1, 0.15) is 0 Å². The molecule has 0 spiro atoms. The van der Waals surface area contributed by atoms with E-state index in [4.69, 9.17) is 0 Å². The third-order valence-electron chi connectivity index (χ3n) is 6.86. The fraction of sp³-hybridized carbons (Fsp3) is 0.458. The standard InChI is InChI=1S/C24H27N3O2S/c1-16(28)27(21-5-3-2-4-6-21)23-25-20(15-30-23)7-8-22(29)26-24-12-17-9-18(13-24)11-19(10-17)14-24/h2-8,15,17-19H,9-14H2,1H3,(H,26,29). The zero-order chi connectivity index (χ0) is 20.7. The first-order chi connectivity index (χ1) is 14.5. The van der Waals surface area contributed by atoms with Gasteiger partial charge in [-0.05, 0) is 74.5 Å². The molecular weight excluding hydrogens is 394 g/mol. The number of carbonyl (C=O) groups is 2. The minimum Gasteiger partial charge on any atom is -0.347 e. The lowest BCUT2D eigenvalue weighted by Crippen LogP contribution is -2.59. The van der Waals surface area contributed by atoms with Gasteiger partial charge in [0.05, 0.1) is 11.4 Å². The third-order valence-corrected chi connectivity index (χ3v) is 7.71. The van der Waals surface area contributed by atoms with E-state index < -0.39 is 0 Å². The highest BCUT2D eigenvalue weighted by atomic mass is 32.1. The maximum atomic E-state index is 12.7. The summed E-state index contributed by atoms with van der Waals surface area (Å²) in [7, 11) is 0. The molecule has 0 atom stereocenters. The van der Waals surface area contributed by atoms with Gasteiger partial charge in [0.2, 0.25) is 11.8 Å². The summed E-state index contributed by atoms with van der Waals surface area (Å²) in [5.74, 6) is 2.29. The summed E-state index contributed by atoms with van der Waals surface area (Å²) in [5.41, 5.74) is 1.49. The molecule has 0 radical (unpaired) electrons. The van der Waals surface area contributed by atoms with Crippen molar-refractivity contribution in [2.45, 2.75) is 51.0 Å². The van der Waals surface area contributed by atoms with E-state index in [2.05, 4.69) is 10.3 Å². The van der Waals surface area contributed by atoms with Crippen molar-refractivity contribution in [1.29, 1.82) is 0 Å². The van der Waals surface area contributed by atoms with Crippen molar-refractivity contribution < 1.29 is 9.59 Å². The number of anilines is 2. The van der Waals surface area contributed by atoms with Gasteiger partial charge < -0.3 is 5.32 Å². The van der Waals surface area contributed by atoms with Crippen LogP contribution in [0.1, 0.15) is 51.1 Å². The zero-order valence-electron chi connectivity index (χ0n) is 17.2. The second-order valence-corrected chi connectivity index (χ2v) is 10.1. The summed E-state index contributed by atoms with van der Waals surface area (Å²) in [4.78, 5) is 31.0. The van der Waals surface area contributed by atoms with Gasteiger partial charge in [-0.1, -0.05) is 18.2 Å². The number of nitrogens with zero attached hydrogens (tertiary/aromatic N) is 2. The van der Waals surface area contributed by atoms with Gasteiger partial charge in [-0.25, -0.2) is 4.98 Å². The number of aromatic nitrogens is 1. The lowest BCUT2D eigenvalue weighted by atomic mass is 9.53. The molecule has 4 bridgehead atoms. The van der Waals surface area contributed by atoms with Gasteiger partial charge in [0.25, 0.3) is 0 Å². The van der Waals surface area contributed by atoms with E-state index in [0.717, 1.165) is 42.7 Å². The van der Waals surface area contributed by atoms with Crippen molar-refractivity contribution in [2.75, 3.05) is 4.90 Å². The Bertz CT molecular complexity index is 946. The number of hydrogen-bond donors (Lipinski definition) is 1. The lowest BCUT2D eigenvalue weighted by molar-refractivity contribution is -0.122. The molecule has 1 aromatic heterocycles. The molecule has 1 N–H and O–H groups in total. The second kappa shape index (κ2) is 7.65. The average molecular weight is 422 g/mol. The minimum absolute atomic E-state index is 0.0160. The molecule has 156 valence electrons. The molecule has 2 amide bonds. The Kier molecular flexibility index (Phi) is 4.97. The van der Waals surface area contributed by atoms with E-state index in [1.54, 1.807) is 17.1 Å². The minimum atomic E-state index is -0.0920. The Hall–Kier alpha value is -2.47. The number of carbonyl (C=O) groups excluding carboxylic acids is 2. The van der Waals surface area contributed by atoms with E-state index in [1.807, 2.05) is 35.7 Å². The molecule has 0 aliphatic heterocycles. The first-order valence-electron chi connectivity index (χ1n) is 10.8. The maximum absolute atomic E-state index is 12.7. The predicted octanol–water partition coefficient (Wildman–Crippen LogP) is 4.93. The van der Waals surface area contributed by atoms with Gasteiger partial charge in [0, 0.05) is 23.9 Å². The molecule has 30 heavy (non-hydrogen) atoms. The Morgan fingerprint density at radius 2 is 1.73 bits per heavy atom. The van der Waals surface area contributed by atoms with E-state index in [9.17, 15) is 9.59 Å². The number of hydrogen-bond acceptors (Lipinski definition) is 4. The van der Waals surface area contributed by atoms with Crippen molar-refractivity contribution >= 4 is 40.0 Å². The smallest absolute Gasteiger partial charge is 0.244 e. The first-order valence-corrected chi connectivity index (χ1v) is 11.7. The van der Waals surface area contributed by atoms with Gasteiger partial charge in [-0.15, -0.1) is 11.3 Å². The first kappa shape index (κ1) is 19.5. The summed E-state index contributed by atoms with van der Waals surface area (Å²) in [5, 5.41) is 5.84. The van der Waals surface area contributed by atoms with E-state index in [1.165, 1.54) is 37.5 Å². The van der Waals surface area contributed by atoms with Crippen molar-refractivity contribution in [3.05, 3.63) is 47.5 Å². The van der Waals surface area contributed by atoms with Crippen LogP contribution in [-0.2, 0) is 9.59 Å². The molecule has 1 aromatic carbocycles. The highest BCUT2D eigenvalue weighted by molar-refractivity contribution is 7.14. The fourth-order valence-corrected chi connectivity index (χ4v) is 7.04. The van der Waals surface area contributed by atoms with Crippen LogP contribution in [0.4, 0.5) is 10.8 Å². The monoisotopic (exact) mass is 421 g/mol. The van der Waals surface area contributed by atoms with Crippen molar-refractivity contribution in [1.82, 2.24) is 10.3 Å². The second-order valence-electron chi connectivity index (χ2n) is 9.27. The van der Waals surface area contributed by atoms with Crippen LogP contribution >= 0.6 is 11.3 Å². The summed E-state index contributed by atoms with van der Waals surface area (Å²) < 4.78 is 0. The number of thiazole rings is 1. The molecule has 4 saturated carbocycles. The lowest BCUT2D eigenvalue weighted by Gasteiger charge is -2.56. The Morgan fingerprint density at radius 1 is 1.10 bits per heavy atom. The van der Waals surface area contributed by atoms with Crippen molar-refractivity contribution in [2.24, 2.45) is 17.8 Å². The van der Waals surface area contributed by atoms with Gasteiger partial charge in [0.15, 0.2) is 5.13 Å². The number of nitrogens with one attached hydrogen (secondary N) is 1. The van der Waals surface area contributed by atoms with Crippen molar-refractivity contribution in [3.63, 3.8) is 0 Å². The quantitative estimate of drug-likeness (QED) is 0.697. The van der Waals surface area contributed by atoms with Crippen LogP contribution in [0.5, 0.6) is 0 Å². The Morgan fingerprint density at radius 3 is 2.33 bits per heavy atom. The Labute approximate surface area is 181 Å². The topological polar surface area (TPSA) is 62.3 Å². The fourth-order valence-electron chi connectivity index (χ4n) is 6.19. The van der Waals surface area contributed by atoms with E-state index in [0.29, 0.717) is 10.8 Å². The van der Waals surface area contributed by atoms with Gasteiger partial charge in [-0.2, -0.15) is 0 Å². The number of rotatable bonds is 5. The molecular formula is C24H27N3O2S.